The summed E-state index contributed by atoms with van der Waals surface area (Å²) in [6.07, 6.45) is 1.15. The van der Waals surface area contributed by atoms with Crippen LogP contribution in [-0.4, -0.2) is 21.6 Å². The van der Waals surface area contributed by atoms with Gasteiger partial charge in [0.1, 0.15) is 0 Å². The largest absolute Gasteiger partial charge is 0.475 e. The molecule has 0 radical (unpaired) electrons. The molecule has 0 spiro atoms. The lowest BCUT2D eigenvalue weighted by Gasteiger charge is -2.28. The third kappa shape index (κ3) is 3.16. The Morgan fingerprint density at radius 3 is 2.59 bits per heavy atom. The van der Waals surface area contributed by atoms with Crippen LogP contribution in [0.3, 0.4) is 0 Å². The van der Waals surface area contributed by atoms with Crippen molar-refractivity contribution in [2.75, 3.05) is 0 Å². The van der Waals surface area contributed by atoms with E-state index in [-0.39, 0.29) is 12.2 Å². The zero-order valence-electron chi connectivity index (χ0n) is 14.8. The number of furan rings is 1. The van der Waals surface area contributed by atoms with Crippen molar-refractivity contribution >= 4 is 5.97 Å². The fourth-order valence-electron chi connectivity index (χ4n) is 3.80. The molecule has 6 heteroatoms. The van der Waals surface area contributed by atoms with Crippen molar-refractivity contribution in [1.29, 1.82) is 0 Å². The summed E-state index contributed by atoms with van der Waals surface area (Å²) in [6.45, 7) is 0.976. The highest BCUT2D eigenvalue weighted by molar-refractivity contribution is 5.84. The van der Waals surface area contributed by atoms with Gasteiger partial charge in [0.25, 0.3) is 0 Å². The van der Waals surface area contributed by atoms with Crippen LogP contribution in [0.1, 0.15) is 35.2 Å². The highest BCUT2D eigenvalue weighted by Crippen LogP contribution is 2.40. The van der Waals surface area contributed by atoms with Gasteiger partial charge in [-0.3, -0.25) is 4.57 Å². The molecule has 2 heterocycles. The van der Waals surface area contributed by atoms with E-state index in [1.54, 1.807) is 6.07 Å². The van der Waals surface area contributed by atoms with Crippen LogP contribution in [0.5, 0.6) is 0 Å². The first-order chi connectivity index (χ1) is 12.8. The van der Waals surface area contributed by atoms with Crippen molar-refractivity contribution in [2.45, 2.75) is 32.1 Å². The minimum Gasteiger partial charge on any atom is -0.475 e. The number of nitrogens with zero attached hydrogens (tertiary/aromatic N) is 1. The second-order valence-corrected chi connectivity index (χ2v) is 7.04. The van der Waals surface area contributed by atoms with Crippen molar-refractivity contribution in [2.24, 2.45) is 5.92 Å². The molecule has 0 fully saturated rings. The number of fused-ring (bicyclic) bond motifs is 1. The lowest BCUT2D eigenvalue weighted by molar-refractivity contribution is -0.0446. The maximum Gasteiger partial charge on any atom is 0.371 e. The van der Waals surface area contributed by atoms with Crippen LogP contribution >= 0.6 is 0 Å². The van der Waals surface area contributed by atoms with Gasteiger partial charge in [0, 0.05) is 17.7 Å². The number of hydrogen-bond acceptors (Lipinski definition) is 2. The van der Waals surface area contributed by atoms with Gasteiger partial charge in [-0.05, 0) is 49.4 Å². The molecule has 4 rings (SSSR count). The van der Waals surface area contributed by atoms with Crippen molar-refractivity contribution in [1.82, 2.24) is 4.57 Å². The maximum absolute atomic E-state index is 13.9. The quantitative estimate of drug-likeness (QED) is 0.686. The monoisotopic (exact) mass is 371 g/mol. The van der Waals surface area contributed by atoms with Crippen LogP contribution in [0.15, 0.2) is 52.9 Å². The van der Waals surface area contributed by atoms with Gasteiger partial charge >= 0.3 is 5.97 Å². The zero-order valence-corrected chi connectivity index (χ0v) is 14.8. The maximum atomic E-state index is 13.9. The van der Waals surface area contributed by atoms with E-state index in [0.717, 1.165) is 29.4 Å². The molecule has 0 saturated carbocycles. The first-order valence-electron chi connectivity index (χ1n) is 8.85. The van der Waals surface area contributed by atoms with E-state index >= 15 is 0 Å². The first kappa shape index (κ1) is 17.5. The van der Waals surface area contributed by atoms with Gasteiger partial charge in [0.15, 0.2) is 0 Å². The molecule has 0 bridgehead atoms. The summed E-state index contributed by atoms with van der Waals surface area (Å²) < 4.78 is 35.1. The number of carboxylic acids is 1. The average Bonchev–Trinajstić information content (AvgIpc) is 3.25. The Morgan fingerprint density at radius 2 is 1.96 bits per heavy atom. The lowest BCUT2D eigenvalue weighted by Crippen LogP contribution is -2.30. The minimum atomic E-state index is -2.73. The SMILES string of the molecule is CC(F)(F)C1CCc2c(cc(-c3ccccc3)n2-c2ccc(C(=O)O)o2)C1. The molecule has 4 nitrogen and oxygen atoms in total. The summed E-state index contributed by atoms with van der Waals surface area (Å²) >= 11 is 0. The standard InChI is InChI=1S/C21H19F2NO3/c1-21(22,23)15-7-8-16-14(11-15)12-17(13-5-3-2-4-6-13)24(16)19-10-9-18(27-19)20(25)26/h2-6,9-10,12,15H,7-8,11H2,1H3,(H,25,26). The summed E-state index contributed by atoms with van der Waals surface area (Å²) in [5.74, 6) is -4.34. The lowest BCUT2D eigenvalue weighted by atomic mass is 9.84. The van der Waals surface area contributed by atoms with Crippen molar-refractivity contribution in [3.05, 3.63) is 65.5 Å². The second-order valence-electron chi connectivity index (χ2n) is 7.04. The Balaban J connectivity index is 1.86. The summed E-state index contributed by atoms with van der Waals surface area (Å²) in [5.41, 5.74) is 3.49. The Hall–Kier alpha value is -2.89. The second kappa shape index (κ2) is 6.37. The van der Waals surface area contributed by atoms with Crippen molar-refractivity contribution in [3.63, 3.8) is 0 Å². The molecule has 2 aromatic heterocycles. The van der Waals surface area contributed by atoms with E-state index in [0.29, 0.717) is 18.7 Å². The van der Waals surface area contributed by atoms with E-state index in [4.69, 9.17) is 9.52 Å². The van der Waals surface area contributed by atoms with E-state index in [1.807, 2.05) is 41.0 Å². The van der Waals surface area contributed by atoms with Gasteiger partial charge in [0.2, 0.25) is 17.6 Å². The molecule has 140 valence electrons. The highest BCUT2D eigenvalue weighted by atomic mass is 19.3. The third-order valence-electron chi connectivity index (χ3n) is 5.20. The minimum absolute atomic E-state index is 0.153. The highest BCUT2D eigenvalue weighted by Gasteiger charge is 2.38. The van der Waals surface area contributed by atoms with Crippen molar-refractivity contribution in [3.8, 4) is 17.1 Å². The fraction of sp³-hybridized carbons (Fsp3) is 0.286. The summed E-state index contributed by atoms with van der Waals surface area (Å²) in [7, 11) is 0. The Morgan fingerprint density at radius 1 is 1.22 bits per heavy atom. The smallest absolute Gasteiger partial charge is 0.371 e. The van der Waals surface area contributed by atoms with Crippen LogP contribution in [0.2, 0.25) is 0 Å². The number of benzene rings is 1. The van der Waals surface area contributed by atoms with E-state index in [2.05, 4.69) is 0 Å². The zero-order chi connectivity index (χ0) is 19.2. The molecule has 1 unspecified atom stereocenters. The first-order valence-corrected chi connectivity index (χ1v) is 8.85. The topological polar surface area (TPSA) is 55.4 Å². The van der Waals surface area contributed by atoms with Gasteiger partial charge in [0.05, 0.1) is 5.69 Å². The van der Waals surface area contributed by atoms with Gasteiger partial charge in [-0.15, -0.1) is 0 Å². The molecular formula is C21H19F2NO3. The number of aromatic nitrogens is 1. The fourth-order valence-corrected chi connectivity index (χ4v) is 3.80. The Labute approximate surface area is 155 Å². The van der Waals surface area contributed by atoms with Gasteiger partial charge < -0.3 is 9.52 Å². The summed E-state index contributed by atoms with van der Waals surface area (Å²) in [5, 5.41) is 9.16. The summed E-state index contributed by atoms with van der Waals surface area (Å²) in [6, 6.07) is 14.5. The van der Waals surface area contributed by atoms with Crippen LogP contribution in [-0.2, 0) is 12.8 Å². The number of carboxylic acid groups (broad SMARTS) is 1. The van der Waals surface area contributed by atoms with Gasteiger partial charge in [-0.1, -0.05) is 30.3 Å². The molecule has 1 N–H and O–H groups in total. The molecule has 0 amide bonds. The summed E-state index contributed by atoms with van der Waals surface area (Å²) in [4.78, 5) is 11.2. The molecule has 0 saturated heterocycles. The Bertz CT molecular complexity index is 983. The normalized spacial score (nSPS) is 16.9. The number of carbonyl (C=O) groups is 1. The predicted molar refractivity (Wildman–Crippen MR) is 96.6 cm³/mol. The molecule has 27 heavy (non-hydrogen) atoms. The number of halogens is 2. The molecular weight excluding hydrogens is 352 g/mol. The number of hydrogen-bond donors (Lipinski definition) is 1. The van der Waals surface area contributed by atoms with E-state index in [1.165, 1.54) is 6.07 Å². The molecule has 1 aromatic carbocycles. The number of alkyl halides is 2. The molecule has 1 aliphatic carbocycles. The molecule has 1 atom stereocenters. The average molecular weight is 371 g/mol. The Kier molecular flexibility index (Phi) is 4.13. The van der Waals surface area contributed by atoms with Crippen molar-refractivity contribution < 1.29 is 23.1 Å². The third-order valence-corrected chi connectivity index (χ3v) is 5.20. The number of rotatable bonds is 4. The van der Waals surface area contributed by atoms with Crippen LogP contribution in [0, 0.1) is 5.92 Å². The molecule has 1 aliphatic rings. The molecule has 3 aromatic rings. The van der Waals surface area contributed by atoms with Crippen LogP contribution < -0.4 is 0 Å². The van der Waals surface area contributed by atoms with Gasteiger partial charge in [-0.2, -0.15) is 0 Å². The molecule has 0 aliphatic heterocycles. The van der Waals surface area contributed by atoms with E-state index < -0.39 is 17.8 Å². The van der Waals surface area contributed by atoms with Gasteiger partial charge in [-0.25, -0.2) is 13.6 Å². The predicted octanol–water partition coefficient (Wildman–Crippen LogP) is 5.20. The van der Waals surface area contributed by atoms with E-state index in [9.17, 15) is 13.6 Å². The van der Waals surface area contributed by atoms with Crippen LogP contribution in [0.25, 0.3) is 17.1 Å². The number of aromatic carboxylic acids is 1. The van der Waals surface area contributed by atoms with Crippen LogP contribution in [0.4, 0.5) is 8.78 Å².